The largest absolute Gasteiger partial charge is 0.277 e. The number of hydrogen-bond acceptors (Lipinski definition) is 3. The van der Waals surface area contributed by atoms with E-state index in [1.807, 2.05) is 4.90 Å². The van der Waals surface area contributed by atoms with Gasteiger partial charge in [-0.1, -0.05) is 0 Å². The first kappa shape index (κ1) is 8.04. The van der Waals surface area contributed by atoms with Crippen LogP contribution in [0, 0.1) is 28.6 Å². The quantitative estimate of drug-likeness (QED) is 0.554. The van der Waals surface area contributed by atoms with E-state index < -0.39 is 0 Å². The van der Waals surface area contributed by atoms with E-state index in [1.54, 1.807) is 0 Å². The molecule has 3 nitrogen and oxygen atoms in total. The van der Waals surface area contributed by atoms with Crippen LogP contribution < -0.4 is 0 Å². The van der Waals surface area contributed by atoms with Crippen molar-refractivity contribution in [2.75, 3.05) is 19.6 Å². The summed E-state index contributed by atoms with van der Waals surface area (Å²) in [6.07, 6.45) is 2.54. The molecule has 1 saturated carbocycles. The molecule has 0 aromatic heterocycles. The Kier molecular flexibility index (Phi) is 2.89. The van der Waals surface area contributed by atoms with Gasteiger partial charge in [0.05, 0.1) is 25.2 Å². The highest BCUT2D eigenvalue weighted by atomic mass is 15.1. The van der Waals surface area contributed by atoms with Gasteiger partial charge in [0.2, 0.25) is 0 Å². The van der Waals surface area contributed by atoms with Crippen LogP contribution in [0.2, 0.25) is 0 Å². The van der Waals surface area contributed by atoms with Gasteiger partial charge in [-0.3, -0.25) is 4.90 Å². The molecule has 0 atom stereocenters. The standard InChI is InChI=1S/C8H11N3/c9-3-5-11(6-4-10)7-8-1-2-8/h8H,1-2,5-7H2. The summed E-state index contributed by atoms with van der Waals surface area (Å²) in [5.74, 6) is 0.761. The number of nitrogens with zero attached hydrogens (tertiary/aromatic N) is 3. The Hall–Kier alpha value is -1.06. The lowest BCUT2D eigenvalue weighted by atomic mass is 10.3. The molecule has 1 fully saturated rings. The van der Waals surface area contributed by atoms with Crippen molar-refractivity contribution in [1.82, 2.24) is 4.90 Å². The lowest BCUT2D eigenvalue weighted by Gasteiger charge is -2.13. The minimum atomic E-state index is 0.393. The summed E-state index contributed by atoms with van der Waals surface area (Å²) in [5, 5.41) is 16.8. The van der Waals surface area contributed by atoms with Gasteiger partial charge >= 0.3 is 0 Å². The Labute approximate surface area is 66.8 Å². The van der Waals surface area contributed by atoms with E-state index in [-0.39, 0.29) is 0 Å². The van der Waals surface area contributed by atoms with Gasteiger partial charge in [-0.25, -0.2) is 0 Å². The first-order valence-electron chi connectivity index (χ1n) is 3.83. The molecule has 0 aromatic rings. The molecular formula is C8H11N3. The molecule has 58 valence electrons. The molecule has 0 radical (unpaired) electrons. The summed E-state index contributed by atoms with van der Waals surface area (Å²) in [7, 11) is 0. The molecule has 0 saturated heterocycles. The molecule has 0 heterocycles. The minimum absolute atomic E-state index is 0.393. The van der Waals surface area contributed by atoms with Crippen molar-refractivity contribution in [3.8, 4) is 12.1 Å². The maximum Gasteiger partial charge on any atom is 0.0874 e. The smallest absolute Gasteiger partial charge is 0.0874 e. The zero-order valence-electron chi connectivity index (χ0n) is 6.45. The van der Waals surface area contributed by atoms with E-state index in [9.17, 15) is 0 Å². The molecule has 0 spiro atoms. The Balaban J connectivity index is 2.21. The van der Waals surface area contributed by atoms with Crippen molar-refractivity contribution in [2.24, 2.45) is 5.92 Å². The third-order valence-electron chi connectivity index (χ3n) is 1.80. The summed E-state index contributed by atoms with van der Waals surface area (Å²) < 4.78 is 0. The van der Waals surface area contributed by atoms with Crippen molar-refractivity contribution in [3.63, 3.8) is 0 Å². The Morgan fingerprint density at radius 1 is 1.18 bits per heavy atom. The summed E-state index contributed by atoms with van der Waals surface area (Å²) >= 11 is 0. The fourth-order valence-corrected chi connectivity index (χ4v) is 1.05. The van der Waals surface area contributed by atoms with Gasteiger partial charge in [-0.05, 0) is 18.8 Å². The van der Waals surface area contributed by atoms with E-state index in [4.69, 9.17) is 10.5 Å². The predicted octanol–water partition coefficient (Wildman–Crippen LogP) is 0.746. The summed E-state index contributed by atoms with van der Waals surface area (Å²) in [6, 6.07) is 4.12. The minimum Gasteiger partial charge on any atom is -0.277 e. The second kappa shape index (κ2) is 3.95. The lowest BCUT2D eigenvalue weighted by Crippen LogP contribution is -2.26. The fraction of sp³-hybridized carbons (Fsp3) is 0.750. The molecule has 11 heavy (non-hydrogen) atoms. The number of rotatable bonds is 4. The van der Waals surface area contributed by atoms with Crippen LogP contribution >= 0.6 is 0 Å². The summed E-state index contributed by atoms with van der Waals surface area (Å²) in [6.45, 7) is 1.72. The third kappa shape index (κ3) is 3.02. The Morgan fingerprint density at radius 2 is 1.73 bits per heavy atom. The van der Waals surface area contributed by atoms with Crippen LogP contribution in [0.5, 0.6) is 0 Å². The second-order valence-corrected chi connectivity index (χ2v) is 2.93. The van der Waals surface area contributed by atoms with E-state index in [2.05, 4.69) is 12.1 Å². The topological polar surface area (TPSA) is 50.8 Å². The molecule has 0 aromatic carbocycles. The van der Waals surface area contributed by atoms with Crippen LogP contribution in [-0.2, 0) is 0 Å². The zero-order chi connectivity index (χ0) is 8.10. The fourth-order valence-electron chi connectivity index (χ4n) is 1.05. The molecular weight excluding hydrogens is 138 g/mol. The maximum atomic E-state index is 8.40. The van der Waals surface area contributed by atoms with Gasteiger partial charge in [0.1, 0.15) is 0 Å². The second-order valence-electron chi connectivity index (χ2n) is 2.93. The van der Waals surface area contributed by atoms with Gasteiger partial charge in [-0.15, -0.1) is 0 Å². The highest BCUT2D eigenvalue weighted by Gasteiger charge is 2.23. The summed E-state index contributed by atoms with van der Waals surface area (Å²) in [5.41, 5.74) is 0. The molecule has 0 bridgehead atoms. The third-order valence-corrected chi connectivity index (χ3v) is 1.80. The van der Waals surface area contributed by atoms with Gasteiger partial charge in [0.25, 0.3) is 0 Å². The van der Waals surface area contributed by atoms with Crippen LogP contribution in [0.15, 0.2) is 0 Å². The molecule has 0 N–H and O–H groups in total. The van der Waals surface area contributed by atoms with Crippen molar-refractivity contribution in [2.45, 2.75) is 12.8 Å². The number of nitriles is 2. The van der Waals surface area contributed by atoms with Gasteiger partial charge < -0.3 is 0 Å². The zero-order valence-corrected chi connectivity index (χ0v) is 6.45. The first-order valence-corrected chi connectivity index (χ1v) is 3.83. The van der Waals surface area contributed by atoms with Crippen LogP contribution in [-0.4, -0.2) is 24.5 Å². The molecule has 1 aliphatic carbocycles. The highest BCUT2D eigenvalue weighted by Crippen LogP contribution is 2.29. The predicted molar refractivity (Wildman–Crippen MR) is 40.4 cm³/mol. The van der Waals surface area contributed by atoms with Crippen LogP contribution in [0.4, 0.5) is 0 Å². The normalized spacial score (nSPS) is 15.9. The van der Waals surface area contributed by atoms with Crippen molar-refractivity contribution in [3.05, 3.63) is 0 Å². The van der Waals surface area contributed by atoms with E-state index >= 15 is 0 Å². The van der Waals surface area contributed by atoms with Crippen LogP contribution in [0.1, 0.15) is 12.8 Å². The molecule has 1 aliphatic rings. The molecule has 0 amide bonds. The molecule has 0 aliphatic heterocycles. The van der Waals surface area contributed by atoms with E-state index in [0.717, 1.165) is 12.5 Å². The molecule has 3 heteroatoms. The first-order chi connectivity index (χ1) is 5.36. The van der Waals surface area contributed by atoms with Gasteiger partial charge in [-0.2, -0.15) is 10.5 Å². The maximum absolute atomic E-state index is 8.40. The van der Waals surface area contributed by atoms with Crippen molar-refractivity contribution < 1.29 is 0 Å². The van der Waals surface area contributed by atoms with Gasteiger partial charge in [0.15, 0.2) is 0 Å². The molecule has 0 unspecified atom stereocenters. The van der Waals surface area contributed by atoms with Crippen molar-refractivity contribution in [1.29, 1.82) is 10.5 Å². The monoisotopic (exact) mass is 149 g/mol. The highest BCUT2D eigenvalue weighted by molar-refractivity contribution is 4.87. The van der Waals surface area contributed by atoms with Gasteiger partial charge in [0, 0.05) is 6.54 Å². The Morgan fingerprint density at radius 3 is 2.09 bits per heavy atom. The average Bonchev–Trinajstić information content (AvgIpc) is 2.73. The SMILES string of the molecule is N#CCN(CC#N)CC1CC1. The number of hydrogen-bond donors (Lipinski definition) is 0. The average molecular weight is 149 g/mol. The van der Waals surface area contributed by atoms with E-state index in [0.29, 0.717) is 13.1 Å². The van der Waals surface area contributed by atoms with Crippen LogP contribution in [0.3, 0.4) is 0 Å². The summed E-state index contributed by atoms with van der Waals surface area (Å²) in [4.78, 5) is 1.90. The lowest BCUT2D eigenvalue weighted by molar-refractivity contribution is 0.327. The van der Waals surface area contributed by atoms with E-state index in [1.165, 1.54) is 12.8 Å². The Bertz CT molecular complexity index is 178. The molecule has 1 rings (SSSR count). The van der Waals surface area contributed by atoms with Crippen molar-refractivity contribution >= 4 is 0 Å². The van der Waals surface area contributed by atoms with Crippen LogP contribution in [0.25, 0.3) is 0 Å².